The Hall–Kier alpha value is -2.37. The van der Waals surface area contributed by atoms with Crippen molar-refractivity contribution in [1.82, 2.24) is 10.6 Å². The van der Waals surface area contributed by atoms with Crippen LogP contribution >= 0.6 is 0 Å². The predicted octanol–water partition coefficient (Wildman–Crippen LogP) is 1.70. The molecule has 0 spiro atoms. The molecule has 21 heavy (non-hydrogen) atoms. The monoisotopic (exact) mass is 292 g/mol. The fourth-order valence-electron chi connectivity index (χ4n) is 2.22. The molecule has 1 aliphatic rings. The van der Waals surface area contributed by atoms with Crippen LogP contribution < -0.4 is 10.6 Å². The standard InChI is InChI=1S/C15H17FN2O3/c16-12-3-1-2-10(8-12)6-7-17-15(21)18-13-5-4-11(9-13)14(19)20/h1-5,8,11,13H,6-7,9H2,(H,19,20)(H2,17,18,21). The van der Waals surface area contributed by atoms with E-state index in [1.165, 1.54) is 12.1 Å². The summed E-state index contributed by atoms with van der Waals surface area (Å²) in [5.41, 5.74) is 0.807. The maximum atomic E-state index is 13.0. The number of hydrogen-bond donors (Lipinski definition) is 3. The zero-order valence-electron chi connectivity index (χ0n) is 11.4. The molecule has 2 atom stereocenters. The van der Waals surface area contributed by atoms with Crippen molar-refractivity contribution in [3.63, 3.8) is 0 Å². The Labute approximate surface area is 121 Å². The Morgan fingerprint density at radius 3 is 2.81 bits per heavy atom. The molecule has 2 amide bonds. The highest BCUT2D eigenvalue weighted by Crippen LogP contribution is 2.17. The number of carbonyl (C=O) groups excluding carboxylic acids is 1. The Balaban J connectivity index is 1.69. The van der Waals surface area contributed by atoms with Crippen LogP contribution in [0, 0.1) is 11.7 Å². The molecule has 3 N–H and O–H groups in total. The minimum Gasteiger partial charge on any atom is -0.481 e. The van der Waals surface area contributed by atoms with Gasteiger partial charge in [-0.2, -0.15) is 0 Å². The van der Waals surface area contributed by atoms with Gasteiger partial charge in [0.05, 0.1) is 12.0 Å². The second-order valence-electron chi connectivity index (χ2n) is 4.95. The lowest BCUT2D eigenvalue weighted by molar-refractivity contribution is -0.140. The van der Waals surface area contributed by atoms with E-state index in [4.69, 9.17) is 5.11 Å². The van der Waals surface area contributed by atoms with Gasteiger partial charge < -0.3 is 15.7 Å². The molecule has 0 aromatic heterocycles. The van der Waals surface area contributed by atoms with E-state index in [0.717, 1.165) is 5.56 Å². The lowest BCUT2D eigenvalue weighted by Crippen LogP contribution is -2.41. The molecular weight excluding hydrogens is 275 g/mol. The Morgan fingerprint density at radius 1 is 1.33 bits per heavy atom. The van der Waals surface area contributed by atoms with Gasteiger partial charge in [0.2, 0.25) is 0 Å². The molecule has 6 heteroatoms. The summed E-state index contributed by atoms with van der Waals surface area (Å²) in [5, 5.41) is 14.2. The van der Waals surface area contributed by atoms with Gasteiger partial charge in [-0.05, 0) is 30.5 Å². The number of benzene rings is 1. The van der Waals surface area contributed by atoms with Crippen molar-refractivity contribution in [2.45, 2.75) is 18.9 Å². The number of amides is 2. The average Bonchev–Trinajstić information content (AvgIpc) is 2.87. The van der Waals surface area contributed by atoms with Crippen molar-refractivity contribution in [2.24, 2.45) is 5.92 Å². The highest BCUT2D eigenvalue weighted by Gasteiger charge is 2.25. The van der Waals surface area contributed by atoms with Gasteiger partial charge in [-0.3, -0.25) is 4.79 Å². The number of carbonyl (C=O) groups is 2. The number of hydrogen-bond acceptors (Lipinski definition) is 2. The Morgan fingerprint density at radius 2 is 2.14 bits per heavy atom. The molecule has 5 nitrogen and oxygen atoms in total. The number of urea groups is 1. The first-order valence-electron chi connectivity index (χ1n) is 6.74. The van der Waals surface area contributed by atoms with Crippen LogP contribution in [0.25, 0.3) is 0 Å². The molecule has 0 aliphatic heterocycles. The van der Waals surface area contributed by atoms with Crippen LogP contribution in [0.3, 0.4) is 0 Å². The fourth-order valence-corrected chi connectivity index (χ4v) is 2.22. The number of aliphatic carboxylic acids is 1. The van der Waals surface area contributed by atoms with E-state index in [0.29, 0.717) is 19.4 Å². The first kappa shape index (κ1) is 15.0. The predicted molar refractivity (Wildman–Crippen MR) is 75.3 cm³/mol. The van der Waals surface area contributed by atoms with Gasteiger partial charge in [0.1, 0.15) is 5.82 Å². The van der Waals surface area contributed by atoms with Gasteiger partial charge in [0, 0.05) is 6.54 Å². The van der Waals surface area contributed by atoms with Gasteiger partial charge in [-0.25, -0.2) is 9.18 Å². The van der Waals surface area contributed by atoms with Gasteiger partial charge in [-0.1, -0.05) is 24.3 Å². The molecule has 1 aromatic rings. The topological polar surface area (TPSA) is 78.4 Å². The summed E-state index contributed by atoms with van der Waals surface area (Å²) in [6.07, 6.45) is 4.17. The summed E-state index contributed by atoms with van der Waals surface area (Å²) < 4.78 is 13.0. The van der Waals surface area contributed by atoms with Crippen molar-refractivity contribution in [3.05, 3.63) is 47.8 Å². The molecule has 1 aromatic carbocycles. The normalized spacial score (nSPS) is 20.2. The average molecular weight is 292 g/mol. The molecule has 0 heterocycles. The van der Waals surface area contributed by atoms with E-state index in [9.17, 15) is 14.0 Å². The SMILES string of the molecule is O=C(NCCc1cccc(F)c1)NC1C=CC(C(=O)O)C1. The van der Waals surface area contributed by atoms with E-state index in [-0.39, 0.29) is 17.9 Å². The quantitative estimate of drug-likeness (QED) is 0.723. The number of nitrogens with one attached hydrogen (secondary N) is 2. The number of carboxylic acids is 1. The van der Waals surface area contributed by atoms with E-state index >= 15 is 0 Å². The second-order valence-corrected chi connectivity index (χ2v) is 4.95. The zero-order chi connectivity index (χ0) is 15.2. The summed E-state index contributed by atoms with van der Waals surface area (Å²) in [7, 11) is 0. The van der Waals surface area contributed by atoms with Gasteiger partial charge in [0.25, 0.3) is 0 Å². The number of carboxylic acid groups (broad SMARTS) is 1. The summed E-state index contributed by atoms with van der Waals surface area (Å²) in [5.74, 6) is -1.72. The van der Waals surface area contributed by atoms with E-state index in [1.54, 1.807) is 24.3 Å². The molecule has 0 bridgehead atoms. The van der Waals surface area contributed by atoms with Crippen LogP contribution in [0.2, 0.25) is 0 Å². The lowest BCUT2D eigenvalue weighted by atomic mass is 10.1. The molecule has 0 radical (unpaired) electrons. The first-order chi connectivity index (χ1) is 10.0. The molecular formula is C15H17FN2O3. The van der Waals surface area contributed by atoms with Crippen LogP contribution in [0.5, 0.6) is 0 Å². The van der Waals surface area contributed by atoms with Gasteiger partial charge in [-0.15, -0.1) is 0 Å². The molecule has 2 rings (SSSR count). The summed E-state index contributed by atoms with van der Waals surface area (Å²) in [6.45, 7) is 0.383. The van der Waals surface area contributed by atoms with Crippen LogP contribution in [0.15, 0.2) is 36.4 Å². The van der Waals surface area contributed by atoms with Crippen molar-refractivity contribution >= 4 is 12.0 Å². The number of rotatable bonds is 5. The molecule has 0 fully saturated rings. The molecule has 1 aliphatic carbocycles. The van der Waals surface area contributed by atoms with Crippen molar-refractivity contribution < 1.29 is 19.1 Å². The molecule has 0 saturated heterocycles. The van der Waals surface area contributed by atoms with Crippen molar-refractivity contribution in [1.29, 1.82) is 0 Å². The largest absolute Gasteiger partial charge is 0.481 e. The van der Waals surface area contributed by atoms with Gasteiger partial charge in [0.15, 0.2) is 0 Å². The third-order valence-electron chi connectivity index (χ3n) is 3.31. The van der Waals surface area contributed by atoms with E-state index in [1.807, 2.05) is 0 Å². The molecule has 112 valence electrons. The van der Waals surface area contributed by atoms with E-state index < -0.39 is 11.9 Å². The highest BCUT2D eigenvalue weighted by molar-refractivity contribution is 5.76. The molecule has 0 saturated carbocycles. The Kier molecular flexibility index (Phi) is 4.92. The highest BCUT2D eigenvalue weighted by atomic mass is 19.1. The minimum absolute atomic E-state index is 0.264. The summed E-state index contributed by atoms with van der Waals surface area (Å²) in [6, 6.07) is 5.60. The second kappa shape index (κ2) is 6.88. The van der Waals surface area contributed by atoms with E-state index in [2.05, 4.69) is 10.6 Å². The van der Waals surface area contributed by atoms with Crippen LogP contribution in [-0.4, -0.2) is 29.7 Å². The molecule has 2 unspecified atom stereocenters. The van der Waals surface area contributed by atoms with Gasteiger partial charge >= 0.3 is 12.0 Å². The lowest BCUT2D eigenvalue weighted by Gasteiger charge is -2.13. The van der Waals surface area contributed by atoms with Crippen LogP contribution in [0.1, 0.15) is 12.0 Å². The first-order valence-corrected chi connectivity index (χ1v) is 6.74. The maximum absolute atomic E-state index is 13.0. The summed E-state index contributed by atoms with van der Waals surface area (Å²) >= 11 is 0. The minimum atomic E-state index is -0.887. The zero-order valence-corrected chi connectivity index (χ0v) is 11.4. The van der Waals surface area contributed by atoms with Crippen LogP contribution in [0.4, 0.5) is 9.18 Å². The van der Waals surface area contributed by atoms with Crippen molar-refractivity contribution in [2.75, 3.05) is 6.54 Å². The smallest absolute Gasteiger partial charge is 0.315 e. The van der Waals surface area contributed by atoms with Crippen LogP contribution in [-0.2, 0) is 11.2 Å². The summed E-state index contributed by atoms with van der Waals surface area (Å²) in [4.78, 5) is 22.4. The maximum Gasteiger partial charge on any atom is 0.315 e. The van der Waals surface area contributed by atoms with Crippen molar-refractivity contribution in [3.8, 4) is 0 Å². The third kappa shape index (κ3) is 4.59. The Bertz CT molecular complexity index is 560. The number of halogens is 1. The fraction of sp³-hybridized carbons (Fsp3) is 0.333. The third-order valence-corrected chi connectivity index (χ3v) is 3.31.